The zero-order chi connectivity index (χ0) is 18.2. The van der Waals surface area contributed by atoms with Crippen LogP contribution < -0.4 is 10.6 Å². The Morgan fingerprint density at radius 3 is 2.42 bits per heavy atom. The molecule has 0 saturated carbocycles. The minimum absolute atomic E-state index is 0.152. The summed E-state index contributed by atoms with van der Waals surface area (Å²) in [4.78, 5) is 21.0. The topological polar surface area (TPSA) is 60.0 Å². The smallest absolute Gasteiger partial charge is 0.220 e. The number of aliphatic imine (C=N–C) groups is 1. The van der Waals surface area contributed by atoms with Gasteiger partial charge in [0.25, 0.3) is 0 Å². The van der Waals surface area contributed by atoms with Crippen molar-refractivity contribution in [1.82, 2.24) is 20.4 Å². The molecule has 1 heterocycles. The fourth-order valence-electron chi connectivity index (χ4n) is 3.33. The molecule has 1 saturated heterocycles. The number of rotatable bonds is 7. The van der Waals surface area contributed by atoms with E-state index < -0.39 is 0 Å². The predicted molar refractivity (Wildman–Crippen MR) is 101 cm³/mol. The molecule has 0 spiro atoms. The molecule has 0 radical (unpaired) electrons. The summed E-state index contributed by atoms with van der Waals surface area (Å²) in [6.07, 6.45) is 2.76. The van der Waals surface area contributed by atoms with Crippen molar-refractivity contribution in [1.29, 1.82) is 0 Å². The van der Waals surface area contributed by atoms with Gasteiger partial charge in [0.2, 0.25) is 5.91 Å². The van der Waals surface area contributed by atoms with Gasteiger partial charge >= 0.3 is 0 Å². The lowest BCUT2D eigenvalue weighted by molar-refractivity contribution is -0.121. The van der Waals surface area contributed by atoms with Crippen LogP contribution in [0.25, 0.3) is 0 Å². The van der Waals surface area contributed by atoms with Crippen LogP contribution in [0.1, 0.15) is 40.0 Å². The van der Waals surface area contributed by atoms with Crippen molar-refractivity contribution < 1.29 is 4.79 Å². The Morgan fingerprint density at radius 2 is 1.92 bits per heavy atom. The highest BCUT2D eigenvalue weighted by Crippen LogP contribution is 2.21. The third-order valence-electron chi connectivity index (χ3n) is 4.40. The van der Waals surface area contributed by atoms with Gasteiger partial charge in [0.05, 0.1) is 0 Å². The van der Waals surface area contributed by atoms with E-state index in [4.69, 9.17) is 4.99 Å². The van der Waals surface area contributed by atoms with E-state index in [0.717, 1.165) is 51.5 Å². The molecule has 140 valence electrons. The SMILES string of the molecule is CCNC(=NCC(C)(C)CN(C)C)N1CCC(CC(=O)NC)CC1. The molecule has 2 N–H and O–H groups in total. The van der Waals surface area contributed by atoms with Crippen LogP contribution in [0.4, 0.5) is 0 Å². The maximum absolute atomic E-state index is 11.5. The highest BCUT2D eigenvalue weighted by Gasteiger charge is 2.24. The summed E-state index contributed by atoms with van der Waals surface area (Å²) in [7, 11) is 5.92. The van der Waals surface area contributed by atoms with Crippen LogP contribution in [0.15, 0.2) is 4.99 Å². The summed E-state index contributed by atoms with van der Waals surface area (Å²) in [6, 6.07) is 0. The van der Waals surface area contributed by atoms with E-state index in [1.54, 1.807) is 7.05 Å². The molecule has 1 rings (SSSR count). The second kappa shape index (κ2) is 9.87. The number of hydrogen-bond donors (Lipinski definition) is 2. The normalized spacial score (nSPS) is 17.3. The van der Waals surface area contributed by atoms with Crippen LogP contribution in [-0.4, -0.2) is 75.5 Å². The Morgan fingerprint density at radius 1 is 1.29 bits per heavy atom. The number of carbonyl (C=O) groups excluding carboxylic acids is 1. The van der Waals surface area contributed by atoms with Crippen molar-refractivity contribution >= 4 is 11.9 Å². The van der Waals surface area contributed by atoms with Crippen molar-refractivity contribution in [2.24, 2.45) is 16.3 Å². The van der Waals surface area contributed by atoms with Gasteiger partial charge in [0.1, 0.15) is 0 Å². The zero-order valence-electron chi connectivity index (χ0n) is 16.5. The number of nitrogens with one attached hydrogen (secondary N) is 2. The summed E-state index contributed by atoms with van der Waals surface area (Å²) < 4.78 is 0. The number of piperidine rings is 1. The number of carbonyl (C=O) groups is 1. The van der Waals surface area contributed by atoms with E-state index in [0.29, 0.717) is 12.3 Å². The molecule has 0 aromatic carbocycles. The number of amides is 1. The lowest BCUT2D eigenvalue weighted by Crippen LogP contribution is -2.46. The van der Waals surface area contributed by atoms with Gasteiger partial charge in [-0.3, -0.25) is 9.79 Å². The zero-order valence-corrected chi connectivity index (χ0v) is 16.5. The van der Waals surface area contributed by atoms with Crippen molar-refractivity contribution in [3.8, 4) is 0 Å². The van der Waals surface area contributed by atoms with Gasteiger partial charge in [0, 0.05) is 46.2 Å². The van der Waals surface area contributed by atoms with Gasteiger partial charge in [0.15, 0.2) is 5.96 Å². The van der Waals surface area contributed by atoms with Crippen molar-refractivity contribution in [3.05, 3.63) is 0 Å². The van der Waals surface area contributed by atoms with E-state index in [1.165, 1.54) is 0 Å². The Bertz CT molecular complexity index is 412. The lowest BCUT2D eigenvalue weighted by Gasteiger charge is -2.35. The molecular formula is C18H37N5O. The minimum Gasteiger partial charge on any atom is -0.359 e. The largest absolute Gasteiger partial charge is 0.359 e. The first-order valence-corrected chi connectivity index (χ1v) is 9.16. The average Bonchev–Trinajstić information content (AvgIpc) is 2.51. The highest BCUT2D eigenvalue weighted by molar-refractivity contribution is 5.80. The molecule has 6 nitrogen and oxygen atoms in total. The number of guanidine groups is 1. The third kappa shape index (κ3) is 7.51. The first-order valence-electron chi connectivity index (χ1n) is 9.16. The average molecular weight is 340 g/mol. The Hall–Kier alpha value is -1.30. The predicted octanol–water partition coefficient (Wildman–Crippen LogP) is 1.39. The Balaban J connectivity index is 2.59. The second-order valence-corrected chi connectivity index (χ2v) is 7.88. The Labute approximate surface area is 148 Å². The summed E-state index contributed by atoms with van der Waals surface area (Å²) in [6.45, 7) is 11.3. The number of likely N-dealkylation sites (tertiary alicyclic amines) is 1. The van der Waals surface area contributed by atoms with Gasteiger partial charge < -0.3 is 20.4 Å². The van der Waals surface area contributed by atoms with Gasteiger partial charge in [-0.25, -0.2) is 0 Å². The van der Waals surface area contributed by atoms with Crippen molar-refractivity contribution in [2.45, 2.75) is 40.0 Å². The standard InChI is InChI=1S/C18H37N5O/c1-7-20-17(21-13-18(2,3)14-22(5)6)23-10-8-15(9-11-23)12-16(24)19-4/h15H,7-14H2,1-6H3,(H,19,24)(H,20,21). The summed E-state index contributed by atoms with van der Waals surface area (Å²) in [5, 5.41) is 6.15. The quantitative estimate of drug-likeness (QED) is 0.544. The van der Waals surface area contributed by atoms with Gasteiger partial charge in [-0.05, 0) is 45.2 Å². The van der Waals surface area contributed by atoms with Crippen molar-refractivity contribution in [2.75, 3.05) is 53.9 Å². The molecule has 1 fully saturated rings. The number of hydrogen-bond acceptors (Lipinski definition) is 3. The molecule has 24 heavy (non-hydrogen) atoms. The fraction of sp³-hybridized carbons (Fsp3) is 0.889. The van der Waals surface area contributed by atoms with Gasteiger partial charge in [-0.1, -0.05) is 13.8 Å². The first-order chi connectivity index (χ1) is 11.3. The van der Waals surface area contributed by atoms with Crippen LogP contribution in [-0.2, 0) is 4.79 Å². The van der Waals surface area contributed by atoms with Crippen LogP contribution in [0.2, 0.25) is 0 Å². The molecule has 1 aliphatic rings. The molecule has 0 unspecified atom stereocenters. The third-order valence-corrected chi connectivity index (χ3v) is 4.40. The number of nitrogens with zero attached hydrogens (tertiary/aromatic N) is 3. The second-order valence-electron chi connectivity index (χ2n) is 7.88. The van der Waals surface area contributed by atoms with Crippen LogP contribution >= 0.6 is 0 Å². The molecule has 6 heteroatoms. The maximum atomic E-state index is 11.5. The summed E-state index contributed by atoms with van der Waals surface area (Å²) in [5.41, 5.74) is 0.154. The van der Waals surface area contributed by atoms with Crippen molar-refractivity contribution in [3.63, 3.8) is 0 Å². The van der Waals surface area contributed by atoms with E-state index >= 15 is 0 Å². The van der Waals surface area contributed by atoms with E-state index in [-0.39, 0.29) is 11.3 Å². The molecule has 0 aromatic rings. The van der Waals surface area contributed by atoms with Gasteiger partial charge in [-0.15, -0.1) is 0 Å². The molecule has 1 aliphatic heterocycles. The summed E-state index contributed by atoms with van der Waals surface area (Å²) >= 11 is 0. The molecule has 0 atom stereocenters. The molecule has 1 amide bonds. The first kappa shape index (κ1) is 20.7. The Kier molecular flexibility index (Phi) is 8.53. The molecule has 0 bridgehead atoms. The fourth-order valence-corrected chi connectivity index (χ4v) is 3.33. The maximum Gasteiger partial charge on any atom is 0.220 e. The molecule has 0 aliphatic carbocycles. The highest BCUT2D eigenvalue weighted by atomic mass is 16.1. The van der Waals surface area contributed by atoms with Gasteiger partial charge in [-0.2, -0.15) is 0 Å². The summed E-state index contributed by atoms with van der Waals surface area (Å²) in [5.74, 6) is 1.66. The van der Waals surface area contributed by atoms with E-state index in [1.807, 2.05) is 0 Å². The van der Waals surface area contributed by atoms with Crippen LogP contribution in [0, 0.1) is 11.3 Å². The van der Waals surface area contributed by atoms with Crippen LogP contribution in [0.5, 0.6) is 0 Å². The molecule has 0 aromatic heterocycles. The lowest BCUT2D eigenvalue weighted by atomic mass is 9.93. The minimum atomic E-state index is 0.152. The van der Waals surface area contributed by atoms with Crippen LogP contribution in [0.3, 0.4) is 0 Å². The monoisotopic (exact) mass is 339 g/mol. The van der Waals surface area contributed by atoms with E-state index in [9.17, 15) is 4.79 Å². The molecular weight excluding hydrogens is 302 g/mol. The van der Waals surface area contributed by atoms with E-state index in [2.05, 4.69) is 55.3 Å².